The Balaban J connectivity index is 0.000000201. The van der Waals surface area contributed by atoms with Gasteiger partial charge in [0, 0.05) is 0 Å². The van der Waals surface area contributed by atoms with Crippen LogP contribution < -0.4 is 21.3 Å². The summed E-state index contributed by atoms with van der Waals surface area (Å²) in [5.41, 5.74) is 0.138. The number of benzene rings is 2. The fourth-order valence-corrected chi connectivity index (χ4v) is 2.81. The first-order valence-corrected chi connectivity index (χ1v) is 9.75. The molecule has 14 heteroatoms. The number of amides is 8. The van der Waals surface area contributed by atoms with E-state index in [1.807, 2.05) is 21.3 Å². The molecular weight excluding hydrogens is 480 g/mol. The number of hydrogen-bond acceptors (Lipinski definition) is 10. The van der Waals surface area contributed by atoms with Crippen LogP contribution in [0, 0.1) is 0 Å². The van der Waals surface area contributed by atoms with Gasteiger partial charge < -0.3 is 20.4 Å². The molecule has 2 aliphatic rings. The van der Waals surface area contributed by atoms with Crippen LogP contribution in [0.2, 0.25) is 0 Å². The standard InChI is InChI=1S/2C11H8N2O5/c2*14-7-2-1-5(4-8(7)15)3-6-9(16)12-11(18)13-10(6)17/h2*1-4,14-15H,(H2,12,13,16,17,18). The molecule has 4 rings (SSSR count). The Morgan fingerprint density at radius 2 is 0.778 bits per heavy atom. The van der Waals surface area contributed by atoms with Gasteiger partial charge in [-0.25, -0.2) is 9.59 Å². The van der Waals surface area contributed by atoms with Crippen LogP contribution in [0.25, 0.3) is 12.2 Å². The van der Waals surface area contributed by atoms with Crippen molar-refractivity contribution in [1.29, 1.82) is 0 Å². The van der Waals surface area contributed by atoms with Gasteiger partial charge >= 0.3 is 12.1 Å². The van der Waals surface area contributed by atoms with Crippen LogP contribution >= 0.6 is 0 Å². The van der Waals surface area contributed by atoms with E-state index in [0.29, 0.717) is 11.1 Å². The number of barbiturate groups is 2. The van der Waals surface area contributed by atoms with Gasteiger partial charge in [-0.05, 0) is 47.5 Å². The van der Waals surface area contributed by atoms with Crippen molar-refractivity contribution >= 4 is 47.8 Å². The summed E-state index contributed by atoms with van der Waals surface area (Å²) in [6.45, 7) is 0. The van der Waals surface area contributed by atoms with Gasteiger partial charge in [0.2, 0.25) is 0 Å². The number of nitrogens with one attached hydrogen (secondary N) is 4. The lowest BCUT2D eigenvalue weighted by Gasteiger charge is -2.13. The third kappa shape index (κ3) is 5.82. The number of carbonyl (C=O) groups excluding carboxylic acids is 6. The van der Waals surface area contributed by atoms with E-state index in [0.717, 1.165) is 0 Å². The number of imide groups is 4. The zero-order valence-electron chi connectivity index (χ0n) is 17.9. The summed E-state index contributed by atoms with van der Waals surface area (Å²) < 4.78 is 0. The van der Waals surface area contributed by atoms with Crippen molar-refractivity contribution in [2.75, 3.05) is 0 Å². The second-order valence-electron chi connectivity index (χ2n) is 7.09. The SMILES string of the molecule is O=C1NC(=O)C(=Cc2ccc(O)c(O)c2)C(=O)N1.O=C1NC(=O)C(=Cc2ccc(O)c(O)c2)C(=O)N1. The van der Waals surface area contributed by atoms with Crippen LogP contribution in [0.3, 0.4) is 0 Å². The quantitative estimate of drug-likeness (QED) is 0.153. The summed E-state index contributed by atoms with van der Waals surface area (Å²) in [5, 5.41) is 44.4. The predicted molar refractivity (Wildman–Crippen MR) is 119 cm³/mol. The third-order valence-corrected chi connectivity index (χ3v) is 4.51. The molecule has 184 valence electrons. The van der Waals surface area contributed by atoms with Crippen molar-refractivity contribution in [2.24, 2.45) is 0 Å². The lowest BCUT2D eigenvalue weighted by Crippen LogP contribution is -2.51. The molecule has 2 saturated heterocycles. The highest BCUT2D eigenvalue weighted by Crippen LogP contribution is 2.27. The Bertz CT molecular complexity index is 1240. The summed E-state index contributed by atoms with van der Waals surface area (Å²) in [5.74, 6) is -4.68. The fourth-order valence-electron chi connectivity index (χ4n) is 2.81. The maximum atomic E-state index is 11.4. The van der Waals surface area contributed by atoms with Crippen LogP contribution in [-0.4, -0.2) is 56.1 Å². The number of hydrogen-bond donors (Lipinski definition) is 8. The van der Waals surface area contributed by atoms with Gasteiger partial charge in [0.25, 0.3) is 23.6 Å². The lowest BCUT2D eigenvalue weighted by atomic mass is 10.1. The van der Waals surface area contributed by atoms with Crippen molar-refractivity contribution in [2.45, 2.75) is 0 Å². The summed E-state index contributed by atoms with van der Waals surface area (Å²) in [6, 6.07) is 5.83. The maximum Gasteiger partial charge on any atom is 0.328 e. The van der Waals surface area contributed by atoms with Gasteiger partial charge in [0.1, 0.15) is 11.1 Å². The zero-order valence-corrected chi connectivity index (χ0v) is 17.9. The van der Waals surface area contributed by atoms with Crippen molar-refractivity contribution < 1.29 is 49.2 Å². The molecule has 0 atom stereocenters. The molecule has 2 aromatic carbocycles. The van der Waals surface area contributed by atoms with E-state index < -0.39 is 35.7 Å². The van der Waals surface area contributed by atoms with Gasteiger partial charge in [-0.3, -0.25) is 40.4 Å². The molecule has 2 aliphatic heterocycles. The van der Waals surface area contributed by atoms with E-state index in [9.17, 15) is 39.0 Å². The minimum atomic E-state index is -0.879. The Morgan fingerprint density at radius 1 is 0.472 bits per heavy atom. The summed E-state index contributed by atoms with van der Waals surface area (Å²) in [4.78, 5) is 67.2. The van der Waals surface area contributed by atoms with E-state index in [2.05, 4.69) is 0 Å². The largest absolute Gasteiger partial charge is 0.504 e. The highest BCUT2D eigenvalue weighted by Gasteiger charge is 2.28. The molecule has 2 heterocycles. The Hall–Kier alpha value is -5.66. The molecule has 0 aliphatic carbocycles. The highest BCUT2D eigenvalue weighted by atomic mass is 16.3. The van der Waals surface area contributed by atoms with Crippen LogP contribution in [0.4, 0.5) is 9.59 Å². The first kappa shape index (κ1) is 25.0. The molecule has 0 saturated carbocycles. The minimum Gasteiger partial charge on any atom is -0.504 e. The number of carbonyl (C=O) groups is 6. The van der Waals surface area contributed by atoms with Crippen LogP contribution in [0.5, 0.6) is 23.0 Å². The van der Waals surface area contributed by atoms with Crippen molar-refractivity contribution in [1.82, 2.24) is 21.3 Å². The van der Waals surface area contributed by atoms with Crippen LogP contribution in [0.1, 0.15) is 11.1 Å². The van der Waals surface area contributed by atoms with Gasteiger partial charge in [-0.2, -0.15) is 0 Å². The van der Waals surface area contributed by atoms with Crippen molar-refractivity contribution in [3.05, 3.63) is 58.7 Å². The van der Waals surface area contributed by atoms with Crippen LogP contribution in [0.15, 0.2) is 47.5 Å². The minimum absolute atomic E-state index is 0.264. The number of rotatable bonds is 2. The monoisotopic (exact) mass is 496 g/mol. The molecular formula is C22H16N4O10. The van der Waals surface area contributed by atoms with E-state index in [1.54, 1.807) is 0 Å². The number of phenolic OH excluding ortho intramolecular Hbond substituents is 4. The first-order chi connectivity index (χ1) is 16.9. The van der Waals surface area contributed by atoms with E-state index >= 15 is 0 Å². The smallest absolute Gasteiger partial charge is 0.328 e. The van der Waals surface area contributed by atoms with Gasteiger partial charge in [0.05, 0.1) is 0 Å². The van der Waals surface area contributed by atoms with Crippen LogP contribution in [-0.2, 0) is 19.2 Å². The second kappa shape index (κ2) is 10.1. The van der Waals surface area contributed by atoms with Gasteiger partial charge in [-0.15, -0.1) is 0 Å². The second-order valence-corrected chi connectivity index (χ2v) is 7.09. The normalized spacial score (nSPS) is 15.1. The fraction of sp³-hybridized carbons (Fsp3) is 0. The third-order valence-electron chi connectivity index (χ3n) is 4.51. The summed E-state index contributed by atoms with van der Waals surface area (Å²) in [6.07, 6.45) is 2.38. The predicted octanol–water partition coefficient (Wildman–Crippen LogP) is -0.306. The molecule has 2 fully saturated rings. The average molecular weight is 496 g/mol. The van der Waals surface area contributed by atoms with Gasteiger partial charge in [0.15, 0.2) is 23.0 Å². The molecule has 0 aromatic heterocycles. The molecule has 0 bridgehead atoms. The van der Waals surface area contributed by atoms with Crippen molar-refractivity contribution in [3.8, 4) is 23.0 Å². The summed E-state index contributed by atoms with van der Waals surface area (Å²) in [7, 11) is 0. The van der Waals surface area contributed by atoms with E-state index in [-0.39, 0.29) is 34.1 Å². The Labute approximate surface area is 200 Å². The van der Waals surface area contributed by atoms with E-state index in [1.165, 1.54) is 48.6 Å². The van der Waals surface area contributed by atoms with Crippen molar-refractivity contribution in [3.63, 3.8) is 0 Å². The topological polar surface area (TPSA) is 231 Å². The number of urea groups is 2. The van der Waals surface area contributed by atoms with E-state index in [4.69, 9.17) is 10.2 Å². The highest BCUT2D eigenvalue weighted by molar-refractivity contribution is 6.31. The number of phenols is 4. The molecule has 8 amide bonds. The zero-order chi connectivity index (χ0) is 26.6. The first-order valence-electron chi connectivity index (χ1n) is 9.75. The number of aromatic hydroxyl groups is 4. The molecule has 0 spiro atoms. The summed E-state index contributed by atoms with van der Waals surface area (Å²) >= 11 is 0. The van der Waals surface area contributed by atoms with Gasteiger partial charge in [-0.1, -0.05) is 12.1 Å². The molecule has 14 nitrogen and oxygen atoms in total. The average Bonchev–Trinajstić information content (AvgIpc) is 2.78. The molecule has 2 aromatic rings. The maximum absolute atomic E-state index is 11.4. The Morgan fingerprint density at radius 3 is 1.06 bits per heavy atom. The lowest BCUT2D eigenvalue weighted by molar-refractivity contribution is -0.125. The molecule has 36 heavy (non-hydrogen) atoms. The molecule has 0 unspecified atom stereocenters. The molecule has 8 N–H and O–H groups in total. The Kier molecular flexibility index (Phi) is 7.00. The molecule has 0 radical (unpaired) electrons.